The number of amides is 2. The molecule has 8 heteroatoms. The number of aldehydes is 1. The zero-order valence-corrected chi connectivity index (χ0v) is 17.2. The van der Waals surface area contributed by atoms with E-state index in [0.29, 0.717) is 30.5 Å². The molecule has 1 N–H and O–H groups in total. The van der Waals surface area contributed by atoms with Gasteiger partial charge in [0.05, 0.1) is 12.6 Å². The summed E-state index contributed by atoms with van der Waals surface area (Å²) >= 11 is 0. The van der Waals surface area contributed by atoms with Gasteiger partial charge in [-0.2, -0.15) is 0 Å². The van der Waals surface area contributed by atoms with Crippen LogP contribution in [0.5, 0.6) is 0 Å². The highest BCUT2D eigenvalue weighted by Gasteiger charge is 2.41. The Morgan fingerprint density at radius 2 is 2.00 bits per heavy atom. The van der Waals surface area contributed by atoms with Gasteiger partial charge in [0.2, 0.25) is 5.91 Å². The summed E-state index contributed by atoms with van der Waals surface area (Å²) in [5.41, 5.74) is 0.864. The van der Waals surface area contributed by atoms with E-state index in [1.807, 2.05) is 0 Å². The van der Waals surface area contributed by atoms with E-state index in [1.165, 1.54) is 18.1 Å². The zero-order chi connectivity index (χ0) is 21.3. The van der Waals surface area contributed by atoms with Crippen LogP contribution >= 0.6 is 0 Å². The van der Waals surface area contributed by atoms with Crippen molar-refractivity contribution in [2.45, 2.75) is 57.8 Å². The van der Waals surface area contributed by atoms with Gasteiger partial charge in [-0.15, -0.1) is 0 Å². The molecule has 1 fully saturated rings. The molecular formula is C21H27FN2O5. The minimum Gasteiger partial charge on any atom is -0.444 e. The molecule has 0 bridgehead atoms. The second kappa shape index (κ2) is 8.10. The maximum absolute atomic E-state index is 14.4. The topological polar surface area (TPSA) is 84.9 Å². The van der Waals surface area contributed by atoms with Gasteiger partial charge in [-0.05, 0) is 56.9 Å². The van der Waals surface area contributed by atoms with Crippen molar-refractivity contribution in [2.24, 2.45) is 5.92 Å². The maximum Gasteiger partial charge on any atom is 0.411 e. The van der Waals surface area contributed by atoms with Crippen LogP contribution < -0.4 is 5.32 Å². The predicted octanol–water partition coefficient (Wildman–Crippen LogP) is 2.70. The molecule has 1 aromatic carbocycles. The number of nitrogens with one attached hydrogen (secondary N) is 1. The summed E-state index contributed by atoms with van der Waals surface area (Å²) in [4.78, 5) is 37.8. The second-order valence-corrected chi connectivity index (χ2v) is 8.63. The first kappa shape index (κ1) is 21.2. The standard InChI is InChI=1S/C21H27FN2O5/c1-21(2,3)29-20(27)24-10-15(28-4)9-18(24)19(26)23-14-7-13-5-12(11-25)6-16(13)17(22)8-14/h7-8,11-12,15,18H,5-6,9-10H2,1-4H3,(H,23,26)/t12?,15-,18+/m1/s1. The quantitative estimate of drug-likeness (QED) is 0.777. The smallest absolute Gasteiger partial charge is 0.411 e. The van der Waals surface area contributed by atoms with E-state index < -0.39 is 29.5 Å². The van der Waals surface area contributed by atoms with E-state index in [2.05, 4.69) is 5.32 Å². The average molecular weight is 406 g/mol. The lowest BCUT2D eigenvalue weighted by atomic mass is 10.1. The highest BCUT2D eigenvalue weighted by molar-refractivity contribution is 5.97. The molecule has 7 nitrogen and oxygen atoms in total. The number of hydrogen-bond acceptors (Lipinski definition) is 5. The van der Waals surface area contributed by atoms with Gasteiger partial charge in [0.25, 0.3) is 0 Å². The van der Waals surface area contributed by atoms with Gasteiger partial charge in [-0.25, -0.2) is 9.18 Å². The first-order valence-electron chi connectivity index (χ1n) is 9.71. The summed E-state index contributed by atoms with van der Waals surface area (Å²) in [6, 6.07) is 2.17. The Morgan fingerprint density at radius 3 is 2.62 bits per heavy atom. The van der Waals surface area contributed by atoms with Crippen LogP contribution in [-0.2, 0) is 31.9 Å². The Labute approximate surface area is 169 Å². The van der Waals surface area contributed by atoms with Gasteiger partial charge >= 0.3 is 6.09 Å². The Bertz CT molecular complexity index is 820. The molecule has 0 aromatic heterocycles. The van der Waals surface area contributed by atoms with Crippen molar-refractivity contribution < 1.29 is 28.2 Å². The third kappa shape index (κ3) is 4.75. The molecule has 0 spiro atoms. The molecular weight excluding hydrogens is 379 g/mol. The van der Waals surface area contributed by atoms with Crippen LogP contribution in [0.3, 0.4) is 0 Å². The summed E-state index contributed by atoms with van der Waals surface area (Å²) in [5.74, 6) is -1.10. The summed E-state index contributed by atoms with van der Waals surface area (Å²) in [6.45, 7) is 5.50. The molecule has 1 aromatic rings. The van der Waals surface area contributed by atoms with Gasteiger partial charge in [0, 0.05) is 25.1 Å². The Morgan fingerprint density at radius 1 is 1.28 bits per heavy atom. The van der Waals surface area contributed by atoms with Crippen molar-refractivity contribution in [3.63, 3.8) is 0 Å². The minimum atomic E-state index is -0.783. The first-order valence-corrected chi connectivity index (χ1v) is 9.71. The molecule has 1 unspecified atom stereocenters. The SMILES string of the molecule is CO[C@@H]1C[C@@H](C(=O)Nc2cc(F)c3c(c2)CC(C=O)C3)N(C(=O)OC(C)(C)C)C1. The van der Waals surface area contributed by atoms with Gasteiger partial charge in [-0.3, -0.25) is 9.69 Å². The van der Waals surface area contributed by atoms with Crippen LogP contribution in [0.25, 0.3) is 0 Å². The van der Waals surface area contributed by atoms with Crippen molar-refractivity contribution in [1.82, 2.24) is 4.90 Å². The molecule has 0 radical (unpaired) electrons. The van der Waals surface area contributed by atoms with Gasteiger partial charge < -0.3 is 19.6 Å². The Kier molecular flexibility index (Phi) is 5.93. The summed E-state index contributed by atoms with van der Waals surface area (Å²) in [7, 11) is 1.53. The van der Waals surface area contributed by atoms with Gasteiger partial charge in [-0.1, -0.05) is 0 Å². The first-order chi connectivity index (χ1) is 13.6. The van der Waals surface area contributed by atoms with Gasteiger partial charge in [0.15, 0.2) is 0 Å². The number of halogens is 1. The molecule has 0 saturated carbocycles. The minimum absolute atomic E-state index is 0.231. The number of anilines is 1. The number of hydrogen-bond donors (Lipinski definition) is 1. The van der Waals surface area contributed by atoms with E-state index in [4.69, 9.17) is 9.47 Å². The van der Waals surface area contributed by atoms with E-state index in [0.717, 1.165) is 11.8 Å². The van der Waals surface area contributed by atoms with Crippen molar-refractivity contribution in [2.75, 3.05) is 19.0 Å². The predicted molar refractivity (Wildman–Crippen MR) is 104 cm³/mol. The summed E-state index contributed by atoms with van der Waals surface area (Å²) in [5, 5.41) is 2.71. The van der Waals surface area contributed by atoms with Crippen molar-refractivity contribution in [3.8, 4) is 0 Å². The summed E-state index contributed by atoms with van der Waals surface area (Å²) < 4.78 is 25.2. The van der Waals surface area contributed by atoms with Gasteiger partial charge in [0.1, 0.15) is 23.7 Å². The fourth-order valence-corrected chi connectivity index (χ4v) is 3.85. The molecule has 3 rings (SSSR count). The number of methoxy groups -OCH3 is 1. The molecule has 29 heavy (non-hydrogen) atoms. The lowest BCUT2D eigenvalue weighted by Crippen LogP contribution is -2.45. The maximum atomic E-state index is 14.4. The van der Waals surface area contributed by atoms with Crippen molar-refractivity contribution >= 4 is 24.0 Å². The average Bonchev–Trinajstić information content (AvgIpc) is 3.24. The molecule has 158 valence electrons. The Hall–Kier alpha value is -2.48. The Balaban J connectivity index is 1.76. The van der Waals surface area contributed by atoms with Crippen molar-refractivity contribution in [3.05, 3.63) is 29.1 Å². The van der Waals surface area contributed by atoms with Crippen LogP contribution in [0.1, 0.15) is 38.3 Å². The van der Waals surface area contributed by atoms with E-state index >= 15 is 0 Å². The fourth-order valence-electron chi connectivity index (χ4n) is 3.85. The molecule has 1 aliphatic carbocycles. The van der Waals surface area contributed by atoms with E-state index in [-0.39, 0.29) is 18.6 Å². The molecule has 2 aliphatic rings. The largest absolute Gasteiger partial charge is 0.444 e. The van der Waals surface area contributed by atoms with Crippen molar-refractivity contribution in [1.29, 1.82) is 0 Å². The third-order valence-corrected chi connectivity index (χ3v) is 5.22. The fraction of sp³-hybridized carbons (Fsp3) is 0.571. The number of likely N-dealkylation sites (tertiary alicyclic amines) is 1. The molecule has 1 saturated heterocycles. The highest BCUT2D eigenvalue weighted by atomic mass is 19.1. The van der Waals surface area contributed by atoms with Crippen LogP contribution in [0.15, 0.2) is 12.1 Å². The lowest BCUT2D eigenvalue weighted by molar-refractivity contribution is -0.120. The van der Waals surface area contributed by atoms with Crippen LogP contribution in [0, 0.1) is 11.7 Å². The molecule has 2 amide bonds. The number of rotatable bonds is 4. The molecule has 1 heterocycles. The summed E-state index contributed by atoms with van der Waals surface area (Å²) in [6.07, 6.45) is 1.11. The van der Waals surface area contributed by atoms with Crippen LogP contribution in [0.2, 0.25) is 0 Å². The van der Waals surface area contributed by atoms with E-state index in [1.54, 1.807) is 26.8 Å². The number of carbonyl (C=O) groups is 3. The number of ether oxygens (including phenoxy) is 2. The van der Waals surface area contributed by atoms with Crippen LogP contribution in [-0.4, -0.2) is 54.6 Å². The lowest BCUT2D eigenvalue weighted by Gasteiger charge is -2.28. The molecule has 3 atom stereocenters. The number of carbonyl (C=O) groups excluding carboxylic acids is 3. The van der Waals surface area contributed by atoms with E-state index in [9.17, 15) is 18.8 Å². The number of benzene rings is 1. The van der Waals surface area contributed by atoms with Crippen LogP contribution in [0.4, 0.5) is 14.9 Å². The second-order valence-electron chi connectivity index (χ2n) is 8.63. The normalized spacial score (nSPS) is 23.6. The highest BCUT2D eigenvalue weighted by Crippen LogP contribution is 2.31. The number of fused-ring (bicyclic) bond motifs is 1. The zero-order valence-electron chi connectivity index (χ0n) is 17.2. The monoisotopic (exact) mass is 406 g/mol. The molecule has 1 aliphatic heterocycles. The third-order valence-electron chi connectivity index (χ3n) is 5.22. The number of nitrogens with zero attached hydrogens (tertiary/aromatic N) is 1.